The van der Waals surface area contributed by atoms with E-state index in [1.807, 2.05) is 37.3 Å². The zero-order valence-electron chi connectivity index (χ0n) is 15.6. The van der Waals surface area contributed by atoms with Gasteiger partial charge in [0.25, 0.3) is 5.69 Å². The lowest BCUT2D eigenvalue weighted by molar-refractivity contribution is -0.384. The van der Waals surface area contributed by atoms with E-state index in [1.165, 1.54) is 18.2 Å². The van der Waals surface area contributed by atoms with Crippen LogP contribution in [0.15, 0.2) is 72.5 Å². The summed E-state index contributed by atoms with van der Waals surface area (Å²) in [5.74, 6) is 0.909. The van der Waals surface area contributed by atoms with Gasteiger partial charge in [0, 0.05) is 18.2 Å². The quantitative estimate of drug-likeness (QED) is 0.346. The molecule has 3 aromatic carbocycles. The molecule has 0 aliphatic carbocycles. The molecule has 6 nitrogen and oxygen atoms in total. The second-order valence-electron chi connectivity index (χ2n) is 6.68. The minimum absolute atomic E-state index is 0.0462. The van der Waals surface area contributed by atoms with Crippen LogP contribution in [-0.2, 0) is 6.61 Å². The average molecular weight is 387 g/mol. The van der Waals surface area contributed by atoms with Crippen molar-refractivity contribution in [2.24, 2.45) is 0 Å². The minimum atomic E-state index is -0.478. The van der Waals surface area contributed by atoms with Crippen molar-refractivity contribution in [2.45, 2.75) is 13.5 Å². The third-order valence-electron chi connectivity index (χ3n) is 4.57. The van der Waals surface area contributed by atoms with Gasteiger partial charge in [-0.05, 0) is 35.8 Å². The Hall–Kier alpha value is -3.93. The lowest BCUT2D eigenvalue weighted by atomic mass is 10.0. The summed E-state index contributed by atoms with van der Waals surface area (Å²) < 4.78 is 11.6. The summed E-state index contributed by atoms with van der Waals surface area (Å²) in [5.41, 5.74) is 2.74. The van der Waals surface area contributed by atoms with E-state index >= 15 is 0 Å². The number of carbonyl (C=O) groups excluding carboxylic acids is 1. The number of nitro benzene ring substituents is 1. The first kappa shape index (κ1) is 18.4. The number of aryl methyl sites for hydroxylation is 1. The number of carbonyl (C=O) groups is 1. The molecule has 0 aromatic heterocycles. The summed E-state index contributed by atoms with van der Waals surface area (Å²) in [7, 11) is 0. The summed E-state index contributed by atoms with van der Waals surface area (Å²) in [4.78, 5) is 23.2. The highest BCUT2D eigenvalue weighted by molar-refractivity contribution is 6.15. The standard InChI is InChI=1S/C23H17NO5/c1-15-10-19(28-14-16-6-3-2-4-7-16)13-20-22(15)23(25)21(29-20)12-17-8-5-9-18(11-17)24(26)27/h2-13H,14H2,1H3/b21-12-. The predicted octanol–water partition coefficient (Wildman–Crippen LogP) is 5.10. The summed E-state index contributed by atoms with van der Waals surface area (Å²) in [6.07, 6.45) is 1.51. The van der Waals surface area contributed by atoms with E-state index in [0.29, 0.717) is 29.2 Å². The van der Waals surface area contributed by atoms with Gasteiger partial charge >= 0.3 is 0 Å². The van der Waals surface area contributed by atoms with Gasteiger partial charge < -0.3 is 9.47 Å². The van der Waals surface area contributed by atoms with Crippen molar-refractivity contribution >= 4 is 17.5 Å². The highest BCUT2D eigenvalue weighted by Gasteiger charge is 2.30. The van der Waals surface area contributed by atoms with Gasteiger partial charge in [-0.1, -0.05) is 42.5 Å². The Balaban J connectivity index is 1.58. The van der Waals surface area contributed by atoms with Gasteiger partial charge in [0.15, 0.2) is 5.76 Å². The van der Waals surface area contributed by atoms with E-state index in [2.05, 4.69) is 0 Å². The summed E-state index contributed by atoms with van der Waals surface area (Å²) >= 11 is 0. The number of ketones is 1. The maximum absolute atomic E-state index is 12.8. The highest BCUT2D eigenvalue weighted by Crippen LogP contribution is 2.37. The topological polar surface area (TPSA) is 78.7 Å². The molecule has 144 valence electrons. The average Bonchev–Trinajstić information content (AvgIpc) is 3.03. The molecule has 0 saturated carbocycles. The van der Waals surface area contributed by atoms with Gasteiger partial charge in [-0.2, -0.15) is 0 Å². The molecule has 0 unspecified atom stereocenters. The maximum Gasteiger partial charge on any atom is 0.270 e. The molecule has 29 heavy (non-hydrogen) atoms. The Morgan fingerprint density at radius 1 is 1.07 bits per heavy atom. The summed E-state index contributed by atoms with van der Waals surface area (Å²) in [5, 5.41) is 11.0. The molecule has 0 atom stereocenters. The monoisotopic (exact) mass is 387 g/mol. The SMILES string of the molecule is Cc1cc(OCc2ccccc2)cc2c1C(=O)/C(=C/c1cccc([N+](=O)[O-])c1)O2. The van der Waals surface area contributed by atoms with Gasteiger partial charge in [0.1, 0.15) is 18.1 Å². The molecule has 4 rings (SSSR count). The molecule has 0 amide bonds. The fraction of sp³-hybridized carbons (Fsp3) is 0.0870. The number of non-ortho nitro benzene ring substituents is 1. The number of benzene rings is 3. The molecule has 0 bridgehead atoms. The van der Waals surface area contributed by atoms with Crippen LogP contribution in [0, 0.1) is 17.0 Å². The normalized spacial score (nSPS) is 13.8. The summed E-state index contributed by atoms with van der Waals surface area (Å²) in [6.45, 7) is 2.23. The number of allylic oxidation sites excluding steroid dienone is 1. The Morgan fingerprint density at radius 2 is 1.86 bits per heavy atom. The van der Waals surface area contributed by atoms with Gasteiger partial charge in [-0.25, -0.2) is 0 Å². The van der Waals surface area contributed by atoms with E-state index in [4.69, 9.17) is 9.47 Å². The molecule has 0 radical (unpaired) electrons. The maximum atomic E-state index is 12.8. The second-order valence-corrected chi connectivity index (χ2v) is 6.68. The zero-order valence-corrected chi connectivity index (χ0v) is 15.6. The second kappa shape index (κ2) is 7.59. The molecule has 0 saturated heterocycles. The number of ether oxygens (including phenoxy) is 2. The first-order chi connectivity index (χ1) is 14.0. The Bertz CT molecular complexity index is 1140. The van der Waals surface area contributed by atoms with Crippen LogP contribution in [0.1, 0.15) is 27.0 Å². The molecular weight excluding hydrogens is 370 g/mol. The van der Waals surface area contributed by atoms with E-state index in [0.717, 1.165) is 11.1 Å². The van der Waals surface area contributed by atoms with Crippen LogP contribution in [0.2, 0.25) is 0 Å². The summed E-state index contributed by atoms with van der Waals surface area (Å²) in [6, 6.07) is 19.3. The van der Waals surface area contributed by atoms with Crippen LogP contribution in [0.4, 0.5) is 5.69 Å². The fourth-order valence-electron chi connectivity index (χ4n) is 3.18. The number of hydrogen-bond acceptors (Lipinski definition) is 5. The molecule has 0 N–H and O–H groups in total. The first-order valence-electron chi connectivity index (χ1n) is 9.01. The molecule has 1 heterocycles. The third-order valence-corrected chi connectivity index (χ3v) is 4.57. The Labute approximate surface area is 167 Å². The van der Waals surface area contributed by atoms with Crippen LogP contribution in [0.5, 0.6) is 11.5 Å². The van der Waals surface area contributed by atoms with Crippen molar-refractivity contribution in [3.8, 4) is 11.5 Å². The van der Waals surface area contributed by atoms with Crippen molar-refractivity contribution in [3.05, 3.63) is 105 Å². The molecule has 0 fully saturated rings. The van der Waals surface area contributed by atoms with Crippen molar-refractivity contribution in [3.63, 3.8) is 0 Å². The Morgan fingerprint density at radius 3 is 2.62 bits per heavy atom. The number of rotatable bonds is 5. The van der Waals surface area contributed by atoms with E-state index in [9.17, 15) is 14.9 Å². The van der Waals surface area contributed by atoms with E-state index in [1.54, 1.807) is 24.3 Å². The number of nitrogens with zero attached hydrogens (tertiary/aromatic N) is 1. The van der Waals surface area contributed by atoms with Gasteiger partial charge in [0.2, 0.25) is 5.78 Å². The van der Waals surface area contributed by atoms with Gasteiger partial charge in [0.05, 0.1) is 10.5 Å². The molecule has 0 spiro atoms. The van der Waals surface area contributed by atoms with Crippen LogP contribution in [0.3, 0.4) is 0 Å². The van der Waals surface area contributed by atoms with Crippen molar-refractivity contribution < 1.29 is 19.2 Å². The van der Waals surface area contributed by atoms with Crippen LogP contribution < -0.4 is 9.47 Å². The lowest BCUT2D eigenvalue weighted by Gasteiger charge is -2.09. The molecule has 3 aromatic rings. The van der Waals surface area contributed by atoms with E-state index in [-0.39, 0.29) is 17.2 Å². The van der Waals surface area contributed by atoms with Gasteiger partial charge in [-0.15, -0.1) is 0 Å². The number of Topliss-reactive ketones (excluding diaryl/α,β-unsaturated/α-hetero) is 1. The molecule has 1 aliphatic rings. The van der Waals surface area contributed by atoms with Crippen molar-refractivity contribution in [1.82, 2.24) is 0 Å². The van der Waals surface area contributed by atoms with Crippen molar-refractivity contribution in [2.75, 3.05) is 0 Å². The molecule has 6 heteroatoms. The number of fused-ring (bicyclic) bond motifs is 1. The molecular formula is C23H17NO5. The largest absolute Gasteiger partial charge is 0.489 e. The zero-order chi connectivity index (χ0) is 20.4. The third kappa shape index (κ3) is 3.87. The van der Waals surface area contributed by atoms with E-state index < -0.39 is 4.92 Å². The van der Waals surface area contributed by atoms with Crippen molar-refractivity contribution in [1.29, 1.82) is 0 Å². The smallest absolute Gasteiger partial charge is 0.270 e. The Kier molecular flexibility index (Phi) is 4.83. The number of nitro groups is 1. The first-order valence-corrected chi connectivity index (χ1v) is 9.01. The fourth-order valence-corrected chi connectivity index (χ4v) is 3.18. The molecule has 1 aliphatic heterocycles. The minimum Gasteiger partial charge on any atom is -0.489 e. The van der Waals surface area contributed by atoms with Crippen LogP contribution in [-0.4, -0.2) is 10.7 Å². The lowest BCUT2D eigenvalue weighted by Crippen LogP contribution is -2.00. The number of hydrogen-bond donors (Lipinski definition) is 0. The predicted molar refractivity (Wildman–Crippen MR) is 108 cm³/mol. The van der Waals surface area contributed by atoms with Gasteiger partial charge in [-0.3, -0.25) is 14.9 Å². The van der Waals surface area contributed by atoms with Crippen LogP contribution >= 0.6 is 0 Å². The highest BCUT2D eigenvalue weighted by atomic mass is 16.6. The van der Waals surface area contributed by atoms with Crippen LogP contribution in [0.25, 0.3) is 6.08 Å².